The first-order valence-electron chi connectivity index (χ1n) is 3.68. The topological polar surface area (TPSA) is 41.5 Å². The van der Waals surface area contributed by atoms with Gasteiger partial charge in [0, 0.05) is 0 Å². The molecular weight excluding hydrogens is 172 g/mol. The zero-order valence-corrected chi connectivity index (χ0v) is 7.60. The lowest BCUT2D eigenvalue weighted by Crippen LogP contribution is -2.07. The van der Waals surface area contributed by atoms with Crippen LogP contribution in [0.1, 0.15) is 18.2 Å². The van der Waals surface area contributed by atoms with E-state index < -0.39 is 0 Å². The molecule has 3 nitrogen and oxygen atoms in total. The molecule has 1 rings (SSSR count). The van der Waals surface area contributed by atoms with Gasteiger partial charge in [-0.3, -0.25) is 4.79 Å². The Labute approximate surface area is 75.1 Å². The number of rotatable bonds is 4. The number of carbonyl (C=O) groups is 1. The number of carbonyl (C=O) groups excluding carboxylic acids is 1. The fraction of sp³-hybridized carbons (Fsp3) is 0.250. The maximum atomic E-state index is 9.98. The highest BCUT2D eigenvalue weighted by Gasteiger charge is 2.00. The van der Waals surface area contributed by atoms with Crippen molar-refractivity contribution < 1.29 is 4.79 Å². The van der Waals surface area contributed by atoms with Crippen LogP contribution in [0.15, 0.2) is 22.6 Å². The van der Waals surface area contributed by atoms with E-state index in [1.54, 1.807) is 11.3 Å². The zero-order chi connectivity index (χ0) is 8.81. The predicted octanol–water partition coefficient (Wildman–Crippen LogP) is 1.61. The van der Waals surface area contributed by atoms with Crippen LogP contribution in [-0.2, 0) is 4.79 Å². The Morgan fingerprint density at radius 1 is 1.83 bits per heavy atom. The summed E-state index contributed by atoms with van der Waals surface area (Å²) in [5, 5.41) is 5.90. The number of hydrogen-bond acceptors (Lipinski definition) is 3. The van der Waals surface area contributed by atoms with Gasteiger partial charge >= 0.3 is 0 Å². The van der Waals surface area contributed by atoms with Gasteiger partial charge < -0.3 is 0 Å². The van der Waals surface area contributed by atoms with Crippen molar-refractivity contribution in [3.8, 4) is 0 Å². The molecule has 0 saturated heterocycles. The minimum absolute atomic E-state index is 0.573. The largest absolute Gasteiger partial charge is 0.277 e. The monoisotopic (exact) mass is 182 g/mol. The quantitative estimate of drug-likeness (QED) is 0.429. The maximum absolute atomic E-state index is 9.98. The lowest BCUT2D eigenvalue weighted by Gasteiger charge is -1.97. The Bertz CT molecular complexity index is 267. The van der Waals surface area contributed by atoms with Crippen molar-refractivity contribution in [2.75, 3.05) is 0 Å². The summed E-state index contributed by atoms with van der Waals surface area (Å²) in [7, 11) is 0. The fourth-order valence-electron chi connectivity index (χ4n) is 0.855. The van der Waals surface area contributed by atoms with E-state index in [1.807, 2.05) is 24.4 Å². The molecule has 0 aliphatic carbocycles. The van der Waals surface area contributed by atoms with Crippen LogP contribution in [0.2, 0.25) is 0 Å². The molecule has 0 bridgehead atoms. The van der Waals surface area contributed by atoms with Gasteiger partial charge in [0.1, 0.15) is 0 Å². The molecule has 12 heavy (non-hydrogen) atoms. The highest BCUT2D eigenvalue weighted by atomic mass is 32.1. The van der Waals surface area contributed by atoms with Crippen LogP contribution in [-0.4, -0.2) is 12.1 Å². The van der Waals surface area contributed by atoms with E-state index in [0.29, 0.717) is 6.41 Å². The van der Waals surface area contributed by atoms with Crippen LogP contribution in [0.5, 0.6) is 0 Å². The molecule has 0 unspecified atom stereocenters. The molecule has 0 fully saturated rings. The summed E-state index contributed by atoms with van der Waals surface area (Å²) in [5.74, 6) is 0. The van der Waals surface area contributed by atoms with Crippen LogP contribution in [0.25, 0.3) is 0 Å². The summed E-state index contributed by atoms with van der Waals surface area (Å²) in [6.45, 7) is 2.00. The molecule has 64 valence electrons. The first-order chi connectivity index (χ1) is 5.88. The predicted molar refractivity (Wildman–Crippen MR) is 50.3 cm³/mol. The van der Waals surface area contributed by atoms with Crippen LogP contribution in [0.3, 0.4) is 0 Å². The third-order valence-electron chi connectivity index (χ3n) is 1.39. The second-order valence-electron chi connectivity index (χ2n) is 2.14. The molecule has 0 aromatic carbocycles. The minimum Gasteiger partial charge on any atom is -0.277 e. The molecule has 1 amide bonds. The number of thiophene rings is 1. The van der Waals surface area contributed by atoms with Gasteiger partial charge in [0.05, 0.1) is 10.6 Å². The van der Waals surface area contributed by atoms with Gasteiger partial charge in [-0.15, -0.1) is 11.3 Å². The van der Waals surface area contributed by atoms with Crippen LogP contribution in [0.4, 0.5) is 0 Å². The first kappa shape index (κ1) is 8.93. The van der Waals surface area contributed by atoms with Gasteiger partial charge in [-0.05, 0) is 17.9 Å². The Kier molecular flexibility index (Phi) is 3.47. The molecule has 0 saturated carbocycles. The molecule has 0 spiro atoms. The SMILES string of the molecule is CC/C(=N/NC=O)c1cccs1. The molecule has 0 radical (unpaired) electrons. The normalized spacial score (nSPS) is 11.2. The Morgan fingerprint density at radius 2 is 2.67 bits per heavy atom. The first-order valence-corrected chi connectivity index (χ1v) is 4.56. The summed E-state index contributed by atoms with van der Waals surface area (Å²) in [5.41, 5.74) is 3.22. The molecular formula is C8H10N2OS. The van der Waals surface area contributed by atoms with E-state index in [2.05, 4.69) is 10.5 Å². The molecule has 0 atom stereocenters. The van der Waals surface area contributed by atoms with Crippen LogP contribution < -0.4 is 5.43 Å². The Morgan fingerprint density at radius 3 is 3.17 bits per heavy atom. The fourth-order valence-corrected chi connectivity index (χ4v) is 1.64. The second kappa shape index (κ2) is 4.66. The number of hydrogen-bond donors (Lipinski definition) is 1. The van der Waals surface area contributed by atoms with E-state index in [9.17, 15) is 4.79 Å². The van der Waals surface area contributed by atoms with Crippen molar-refractivity contribution in [1.82, 2.24) is 5.43 Å². The van der Waals surface area contributed by atoms with E-state index >= 15 is 0 Å². The van der Waals surface area contributed by atoms with Crippen molar-refractivity contribution in [2.24, 2.45) is 5.10 Å². The number of amides is 1. The van der Waals surface area contributed by atoms with Gasteiger partial charge in [0.25, 0.3) is 0 Å². The molecule has 1 N–H and O–H groups in total. The molecule has 0 aliphatic rings. The zero-order valence-electron chi connectivity index (χ0n) is 6.78. The average Bonchev–Trinajstić information content (AvgIpc) is 2.59. The van der Waals surface area contributed by atoms with E-state index in [4.69, 9.17) is 0 Å². The maximum Gasteiger partial charge on any atom is 0.227 e. The van der Waals surface area contributed by atoms with E-state index in [1.165, 1.54) is 0 Å². The number of hydrazone groups is 1. The van der Waals surface area contributed by atoms with Crippen molar-refractivity contribution >= 4 is 23.5 Å². The van der Waals surface area contributed by atoms with Crippen LogP contribution >= 0.6 is 11.3 Å². The Balaban J connectivity index is 2.75. The van der Waals surface area contributed by atoms with E-state index in [-0.39, 0.29) is 0 Å². The molecule has 0 aliphatic heterocycles. The average molecular weight is 182 g/mol. The summed E-state index contributed by atoms with van der Waals surface area (Å²) in [6.07, 6.45) is 1.39. The van der Waals surface area contributed by atoms with Crippen molar-refractivity contribution in [3.05, 3.63) is 22.4 Å². The highest BCUT2D eigenvalue weighted by molar-refractivity contribution is 7.12. The third-order valence-corrected chi connectivity index (χ3v) is 2.31. The minimum atomic E-state index is 0.573. The van der Waals surface area contributed by atoms with Crippen LogP contribution in [0, 0.1) is 0 Å². The summed E-state index contributed by atoms with van der Waals surface area (Å²) in [6, 6.07) is 3.95. The van der Waals surface area contributed by atoms with Gasteiger partial charge in [0.15, 0.2) is 0 Å². The summed E-state index contributed by atoms with van der Waals surface area (Å²) >= 11 is 1.62. The third kappa shape index (κ3) is 2.17. The van der Waals surface area contributed by atoms with Crippen molar-refractivity contribution in [1.29, 1.82) is 0 Å². The summed E-state index contributed by atoms with van der Waals surface area (Å²) < 4.78 is 0. The van der Waals surface area contributed by atoms with Crippen molar-refractivity contribution in [3.63, 3.8) is 0 Å². The highest BCUT2D eigenvalue weighted by Crippen LogP contribution is 2.11. The second-order valence-corrected chi connectivity index (χ2v) is 3.08. The molecule has 4 heteroatoms. The lowest BCUT2D eigenvalue weighted by atomic mass is 10.2. The smallest absolute Gasteiger partial charge is 0.227 e. The molecule has 1 aromatic rings. The lowest BCUT2D eigenvalue weighted by molar-refractivity contribution is -0.109. The standard InChI is InChI=1S/C8H10N2OS/c1-2-7(10-9-6-11)8-4-3-5-12-8/h3-6H,2H2,1H3,(H,9,11)/b10-7-. The van der Waals surface area contributed by atoms with Gasteiger partial charge in [-0.2, -0.15) is 5.10 Å². The van der Waals surface area contributed by atoms with Gasteiger partial charge in [-0.1, -0.05) is 13.0 Å². The van der Waals surface area contributed by atoms with Gasteiger partial charge in [0.2, 0.25) is 6.41 Å². The Hall–Kier alpha value is -1.16. The molecule has 1 heterocycles. The molecule has 1 aromatic heterocycles. The summed E-state index contributed by atoms with van der Waals surface area (Å²) in [4.78, 5) is 11.1. The number of nitrogens with one attached hydrogen (secondary N) is 1. The number of nitrogens with zero attached hydrogens (tertiary/aromatic N) is 1. The van der Waals surface area contributed by atoms with E-state index in [0.717, 1.165) is 17.0 Å². The van der Waals surface area contributed by atoms with Gasteiger partial charge in [-0.25, -0.2) is 5.43 Å². The van der Waals surface area contributed by atoms with Crippen molar-refractivity contribution in [2.45, 2.75) is 13.3 Å².